The Labute approximate surface area is 109 Å². The average molecular weight is 267 g/mol. The number of aromatic nitrogens is 4. The van der Waals surface area contributed by atoms with Gasteiger partial charge >= 0.3 is 0 Å². The number of rotatable bonds is 4. The van der Waals surface area contributed by atoms with Crippen LogP contribution in [0.4, 0.5) is 8.78 Å². The Hall–Kier alpha value is -1.89. The lowest BCUT2D eigenvalue weighted by atomic mass is 10.1. The fourth-order valence-corrected chi connectivity index (χ4v) is 2.06. The molecule has 2 atom stereocenters. The lowest BCUT2D eigenvalue weighted by Gasteiger charge is -2.20. The number of hydrogen-bond acceptors (Lipinski definition) is 4. The summed E-state index contributed by atoms with van der Waals surface area (Å²) in [4.78, 5) is 0. The largest absolute Gasteiger partial charge is 0.301 e. The maximum absolute atomic E-state index is 13.6. The van der Waals surface area contributed by atoms with Crippen molar-refractivity contribution in [3.63, 3.8) is 0 Å². The van der Waals surface area contributed by atoms with Crippen LogP contribution in [-0.4, -0.2) is 20.2 Å². The van der Waals surface area contributed by atoms with Crippen LogP contribution in [0.2, 0.25) is 0 Å². The Morgan fingerprint density at radius 1 is 1.16 bits per heavy atom. The van der Waals surface area contributed by atoms with E-state index in [4.69, 9.17) is 0 Å². The third-order valence-electron chi connectivity index (χ3n) is 2.97. The Morgan fingerprint density at radius 3 is 2.32 bits per heavy atom. The van der Waals surface area contributed by atoms with Crippen molar-refractivity contribution in [2.24, 2.45) is 7.05 Å². The van der Waals surface area contributed by atoms with Gasteiger partial charge in [-0.25, -0.2) is 13.5 Å². The van der Waals surface area contributed by atoms with Crippen molar-refractivity contribution < 1.29 is 8.78 Å². The van der Waals surface area contributed by atoms with E-state index in [1.54, 1.807) is 14.0 Å². The third-order valence-corrected chi connectivity index (χ3v) is 2.97. The van der Waals surface area contributed by atoms with Gasteiger partial charge in [0, 0.05) is 18.7 Å². The average Bonchev–Trinajstić information content (AvgIpc) is 2.75. The van der Waals surface area contributed by atoms with Crippen LogP contribution in [0.1, 0.15) is 37.3 Å². The maximum atomic E-state index is 13.6. The summed E-state index contributed by atoms with van der Waals surface area (Å²) in [7, 11) is 1.71. The molecule has 0 aliphatic carbocycles. The summed E-state index contributed by atoms with van der Waals surface area (Å²) in [6.45, 7) is 3.53. The van der Waals surface area contributed by atoms with E-state index >= 15 is 0 Å². The van der Waals surface area contributed by atoms with Crippen LogP contribution in [0.15, 0.2) is 18.2 Å². The minimum absolute atomic E-state index is 0.0180. The van der Waals surface area contributed by atoms with Gasteiger partial charge in [0.2, 0.25) is 0 Å². The molecule has 0 saturated heterocycles. The molecule has 0 bridgehead atoms. The smallest absolute Gasteiger partial charge is 0.167 e. The van der Waals surface area contributed by atoms with Gasteiger partial charge in [-0.15, -0.1) is 5.10 Å². The highest BCUT2D eigenvalue weighted by molar-refractivity contribution is 5.23. The first-order valence-corrected chi connectivity index (χ1v) is 5.93. The lowest BCUT2D eigenvalue weighted by molar-refractivity contribution is 0.430. The number of nitrogens with zero attached hydrogens (tertiary/aromatic N) is 4. The van der Waals surface area contributed by atoms with Crippen molar-refractivity contribution in [3.05, 3.63) is 41.2 Å². The summed E-state index contributed by atoms with van der Waals surface area (Å²) in [5, 5.41) is 14.2. The van der Waals surface area contributed by atoms with Crippen molar-refractivity contribution in [1.29, 1.82) is 0 Å². The topological polar surface area (TPSA) is 55.6 Å². The molecule has 1 aromatic heterocycles. The first kappa shape index (κ1) is 13.5. The molecule has 0 aliphatic heterocycles. The highest BCUT2D eigenvalue weighted by Crippen LogP contribution is 2.22. The van der Waals surface area contributed by atoms with E-state index in [1.807, 2.05) is 6.92 Å². The Balaban J connectivity index is 2.18. The molecule has 102 valence electrons. The van der Waals surface area contributed by atoms with Crippen molar-refractivity contribution in [1.82, 2.24) is 25.5 Å². The highest BCUT2D eigenvalue weighted by Gasteiger charge is 2.20. The quantitative estimate of drug-likeness (QED) is 0.919. The van der Waals surface area contributed by atoms with Crippen LogP contribution in [0.25, 0.3) is 0 Å². The lowest BCUT2D eigenvalue weighted by Crippen LogP contribution is -2.26. The molecule has 2 rings (SSSR count). The van der Waals surface area contributed by atoms with Crippen LogP contribution < -0.4 is 5.32 Å². The van der Waals surface area contributed by atoms with Gasteiger partial charge in [-0.1, -0.05) is 6.07 Å². The van der Waals surface area contributed by atoms with Gasteiger partial charge < -0.3 is 5.32 Å². The molecule has 0 saturated carbocycles. The van der Waals surface area contributed by atoms with Crippen molar-refractivity contribution in [2.75, 3.05) is 0 Å². The monoisotopic (exact) mass is 267 g/mol. The zero-order chi connectivity index (χ0) is 14.0. The van der Waals surface area contributed by atoms with Crippen LogP contribution in [0.5, 0.6) is 0 Å². The Kier molecular flexibility index (Phi) is 3.84. The van der Waals surface area contributed by atoms with Crippen LogP contribution in [0.3, 0.4) is 0 Å². The molecule has 0 fully saturated rings. The minimum atomic E-state index is -0.566. The number of benzene rings is 1. The fraction of sp³-hybridized carbons (Fsp3) is 0.417. The standard InChI is InChI=1S/C12H15F2N5/c1-7(11-9(13)5-4-6-10(11)14)15-8(2)12-16-17-18-19(12)3/h4-8,15H,1-3H3/t7-,8+/m1/s1. The summed E-state index contributed by atoms with van der Waals surface area (Å²) in [6, 6.07) is 3.11. The predicted molar refractivity (Wildman–Crippen MR) is 65.1 cm³/mol. The molecule has 0 radical (unpaired) electrons. The van der Waals surface area contributed by atoms with Gasteiger partial charge in [-0.3, -0.25) is 0 Å². The van der Waals surface area contributed by atoms with E-state index in [9.17, 15) is 8.78 Å². The van der Waals surface area contributed by atoms with E-state index < -0.39 is 17.7 Å². The molecule has 1 heterocycles. The van der Waals surface area contributed by atoms with E-state index in [0.29, 0.717) is 5.82 Å². The summed E-state index contributed by atoms with van der Waals surface area (Å²) in [5.41, 5.74) is 0.0180. The van der Waals surface area contributed by atoms with Crippen LogP contribution in [0, 0.1) is 11.6 Å². The van der Waals surface area contributed by atoms with E-state index in [1.165, 1.54) is 22.9 Å². The van der Waals surface area contributed by atoms with E-state index in [2.05, 4.69) is 20.8 Å². The second-order valence-corrected chi connectivity index (χ2v) is 4.41. The first-order valence-electron chi connectivity index (χ1n) is 5.93. The number of hydrogen-bond donors (Lipinski definition) is 1. The molecule has 5 nitrogen and oxygen atoms in total. The van der Waals surface area contributed by atoms with Crippen molar-refractivity contribution >= 4 is 0 Å². The van der Waals surface area contributed by atoms with Crippen LogP contribution in [-0.2, 0) is 7.05 Å². The summed E-state index contributed by atoms with van der Waals surface area (Å²) in [5.74, 6) is -0.532. The molecule has 0 unspecified atom stereocenters. The number of halogens is 2. The molecule has 0 aliphatic rings. The SMILES string of the molecule is C[C@H](N[C@H](C)c1c(F)cccc1F)c1nnnn1C. The zero-order valence-corrected chi connectivity index (χ0v) is 10.9. The predicted octanol–water partition coefficient (Wildman–Crippen LogP) is 1.90. The molecule has 7 heteroatoms. The summed E-state index contributed by atoms with van der Waals surface area (Å²) in [6.07, 6.45) is 0. The number of aryl methyl sites for hydroxylation is 1. The Bertz CT molecular complexity index is 549. The van der Waals surface area contributed by atoms with Gasteiger partial charge in [0.1, 0.15) is 11.6 Å². The van der Waals surface area contributed by atoms with E-state index in [0.717, 1.165) is 0 Å². The van der Waals surface area contributed by atoms with Gasteiger partial charge in [0.15, 0.2) is 5.82 Å². The second-order valence-electron chi connectivity index (χ2n) is 4.41. The minimum Gasteiger partial charge on any atom is -0.301 e. The Morgan fingerprint density at radius 2 is 1.79 bits per heavy atom. The zero-order valence-electron chi connectivity index (χ0n) is 10.9. The molecule has 0 amide bonds. The van der Waals surface area contributed by atoms with Crippen LogP contribution >= 0.6 is 0 Å². The molecular weight excluding hydrogens is 252 g/mol. The molecule has 19 heavy (non-hydrogen) atoms. The molecular formula is C12H15F2N5. The summed E-state index contributed by atoms with van der Waals surface area (Å²) >= 11 is 0. The van der Waals surface area contributed by atoms with Gasteiger partial charge in [-0.2, -0.15) is 0 Å². The fourth-order valence-electron chi connectivity index (χ4n) is 2.06. The second kappa shape index (κ2) is 5.40. The number of tetrazole rings is 1. The third kappa shape index (κ3) is 2.76. The molecule has 1 N–H and O–H groups in total. The molecule has 1 aromatic carbocycles. The molecule has 0 spiro atoms. The van der Waals surface area contributed by atoms with Gasteiger partial charge in [-0.05, 0) is 36.4 Å². The normalized spacial score (nSPS) is 14.4. The summed E-state index contributed by atoms with van der Waals surface area (Å²) < 4.78 is 28.8. The van der Waals surface area contributed by atoms with Gasteiger partial charge in [0.05, 0.1) is 6.04 Å². The number of nitrogens with one attached hydrogen (secondary N) is 1. The van der Waals surface area contributed by atoms with E-state index in [-0.39, 0.29) is 11.6 Å². The first-order chi connectivity index (χ1) is 9.00. The van der Waals surface area contributed by atoms with Crippen molar-refractivity contribution in [3.8, 4) is 0 Å². The molecule has 2 aromatic rings. The highest BCUT2D eigenvalue weighted by atomic mass is 19.1. The van der Waals surface area contributed by atoms with Crippen molar-refractivity contribution in [2.45, 2.75) is 25.9 Å². The maximum Gasteiger partial charge on any atom is 0.167 e. The van der Waals surface area contributed by atoms with Gasteiger partial charge in [0.25, 0.3) is 0 Å².